The van der Waals surface area contributed by atoms with Crippen molar-refractivity contribution < 1.29 is 9.32 Å². The third-order valence-corrected chi connectivity index (χ3v) is 5.08. The van der Waals surface area contributed by atoms with Crippen LogP contribution < -0.4 is 5.32 Å². The summed E-state index contributed by atoms with van der Waals surface area (Å²) in [4.78, 5) is 27.9. The fraction of sp³-hybridized carbons (Fsp3) is 0.381. The van der Waals surface area contributed by atoms with Crippen molar-refractivity contribution >= 4 is 11.7 Å². The number of anilines is 1. The van der Waals surface area contributed by atoms with Crippen molar-refractivity contribution in [1.82, 2.24) is 25.0 Å². The number of amides is 1. The molecule has 8 nitrogen and oxygen atoms in total. The number of rotatable bonds is 5. The lowest BCUT2D eigenvalue weighted by molar-refractivity contribution is -0.117. The maximum Gasteiger partial charge on any atom is 0.239 e. The molecule has 8 heteroatoms. The summed E-state index contributed by atoms with van der Waals surface area (Å²) in [6, 6.07) is 5.67. The molecule has 1 aliphatic rings. The lowest BCUT2D eigenvalue weighted by atomic mass is 9.90. The third-order valence-electron chi connectivity index (χ3n) is 5.08. The monoisotopic (exact) mass is 392 g/mol. The van der Waals surface area contributed by atoms with E-state index in [-0.39, 0.29) is 11.8 Å². The zero-order valence-corrected chi connectivity index (χ0v) is 16.6. The van der Waals surface area contributed by atoms with Gasteiger partial charge in [0.1, 0.15) is 11.6 Å². The van der Waals surface area contributed by atoms with Gasteiger partial charge >= 0.3 is 0 Å². The number of carbonyl (C=O) groups excluding carboxylic acids is 1. The van der Waals surface area contributed by atoms with Gasteiger partial charge in [-0.3, -0.25) is 14.7 Å². The van der Waals surface area contributed by atoms with Crippen molar-refractivity contribution in [2.45, 2.75) is 32.6 Å². The van der Waals surface area contributed by atoms with Gasteiger partial charge in [0.25, 0.3) is 0 Å². The Morgan fingerprint density at radius 2 is 2.14 bits per heavy atom. The molecule has 150 valence electrons. The minimum Gasteiger partial charge on any atom is -0.360 e. The average molecular weight is 392 g/mol. The highest BCUT2D eigenvalue weighted by atomic mass is 16.5. The lowest BCUT2D eigenvalue weighted by Crippen LogP contribution is -2.40. The molecule has 3 aromatic rings. The smallest absolute Gasteiger partial charge is 0.239 e. The van der Waals surface area contributed by atoms with Crippen LogP contribution in [0.25, 0.3) is 11.1 Å². The maximum absolute atomic E-state index is 12.4. The van der Waals surface area contributed by atoms with Gasteiger partial charge in [0.2, 0.25) is 5.91 Å². The largest absolute Gasteiger partial charge is 0.360 e. The summed E-state index contributed by atoms with van der Waals surface area (Å²) in [6.07, 6.45) is 7.50. The minimum atomic E-state index is -0.0906. The summed E-state index contributed by atoms with van der Waals surface area (Å²) >= 11 is 0. The van der Waals surface area contributed by atoms with Crippen LogP contribution in [0.3, 0.4) is 0 Å². The normalized spacial score (nSPS) is 17.2. The Hall–Kier alpha value is -3.13. The Balaban J connectivity index is 1.48. The van der Waals surface area contributed by atoms with Crippen molar-refractivity contribution in [3.63, 3.8) is 0 Å². The number of pyridine rings is 1. The highest BCUT2D eigenvalue weighted by molar-refractivity contribution is 5.91. The number of aromatic nitrogens is 4. The molecule has 3 aromatic heterocycles. The SMILES string of the molecule is Cc1ncc(-c2ccncc2)c([C@@H]2CCCN(CC(=O)Nc3cc(C)on3)C2)n1. The van der Waals surface area contributed by atoms with Crippen LogP contribution in [0.4, 0.5) is 5.82 Å². The van der Waals surface area contributed by atoms with E-state index in [0.29, 0.717) is 18.1 Å². The first-order valence-electron chi connectivity index (χ1n) is 9.78. The van der Waals surface area contributed by atoms with E-state index < -0.39 is 0 Å². The zero-order valence-electron chi connectivity index (χ0n) is 16.6. The van der Waals surface area contributed by atoms with Gasteiger partial charge in [-0.15, -0.1) is 0 Å². The topological polar surface area (TPSA) is 97.0 Å². The molecule has 1 saturated heterocycles. The molecule has 1 N–H and O–H groups in total. The van der Waals surface area contributed by atoms with Crippen LogP contribution >= 0.6 is 0 Å². The predicted octanol–water partition coefficient (Wildman–Crippen LogP) is 2.96. The van der Waals surface area contributed by atoms with Crippen LogP contribution in [0, 0.1) is 13.8 Å². The molecule has 0 saturated carbocycles. The van der Waals surface area contributed by atoms with Crippen molar-refractivity contribution in [3.05, 3.63) is 54.1 Å². The summed E-state index contributed by atoms with van der Waals surface area (Å²) in [6.45, 7) is 5.68. The number of aryl methyl sites for hydroxylation is 2. The van der Waals surface area contributed by atoms with Gasteiger partial charge in [0, 0.05) is 42.7 Å². The first-order chi connectivity index (χ1) is 14.1. The summed E-state index contributed by atoms with van der Waals surface area (Å²) in [5.74, 6) is 2.03. The molecule has 29 heavy (non-hydrogen) atoms. The minimum absolute atomic E-state index is 0.0906. The van der Waals surface area contributed by atoms with Crippen LogP contribution in [0.15, 0.2) is 41.3 Å². The number of hydrogen-bond donors (Lipinski definition) is 1. The van der Waals surface area contributed by atoms with Crippen molar-refractivity contribution in [2.24, 2.45) is 0 Å². The molecule has 0 spiro atoms. The van der Waals surface area contributed by atoms with Crippen molar-refractivity contribution in [3.8, 4) is 11.1 Å². The molecule has 4 heterocycles. The van der Waals surface area contributed by atoms with Gasteiger partial charge in [0.05, 0.1) is 12.2 Å². The first kappa shape index (κ1) is 19.2. The number of likely N-dealkylation sites (tertiary alicyclic amines) is 1. The lowest BCUT2D eigenvalue weighted by Gasteiger charge is -2.32. The summed E-state index contributed by atoms with van der Waals surface area (Å²) in [5, 5.41) is 6.61. The molecule has 0 unspecified atom stereocenters. The van der Waals surface area contributed by atoms with E-state index in [1.54, 1.807) is 25.4 Å². The van der Waals surface area contributed by atoms with Crippen LogP contribution in [0.1, 0.15) is 36.0 Å². The van der Waals surface area contributed by atoms with E-state index in [1.807, 2.05) is 25.3 Å². The molecular formula is C21H24N6O2. The van der Waals surface area contributed by atoms with E-state index in [0.717, 1.165) is 48.6 Å². The number of nitrogens with zero attached hydrogens (tertiary/aromatic N) is 5. The maximum atomic E-state index is 12.4. The molecule has 1 amide bonds. The van der Waals surface area contributed by atoms with Gasteiger partial charge in [-0.1, -0.05) is 5.16 Å². The second kappa shape index (κ2) is 8.48. The van der Waals surface area contributed by atoms with E-state index in [4.69, 9.17) is 9.51 Å². The Morgan fingerprint density at radius 1 is 1.31 bits per heavy atom. The van der Waals surface area contributed by atoms with Gasteiger partial charge in [-0.05, 0) is 50.9 Å². The van der Waals surface area contributed by atoms with Crippen LogP contribution in [-0.4, -0.2) is 50.5 Å². The molecular weight excluding hydrogens is 368 g/mol. The Morgan fingerprint density at radius 3 is 2.90 bits per heavy atom. The standard InChI is InChI=1S/C21H24N6O2/c1-14-10-19(26-29-14)25-20(28)13-27-9-3-4-17(12-27)21-18(11-23-15(2)24-21)16-5-7-22-8-6-16/h5-8,10-11,17H,3-4,9,12-13H2,1-2H3,(H,25,26,28)/t17-/m1/s1. The van der Waals surface area contributed by atoms with Crippen LogP contribution in [-0.2, 0) is 4.79 Å². The molecule has 1 aliphatic heterocycles. The molecule has 1 atom stereocenters. The fourth-order valence-corrected chi connectivity index (χ4v) is 3.79. The Kier molecular flexibility index (Phi) is 5.62. The molecule has 0 radical (unpaired) electrons. The molecule has 4 rings (SSSR count). The fourth-order valence-electron chi connectivity index (χ4n) is 3.79. The first-order valence-corrected chi connectivity index (χ1v) is 9.78. The summed E-state index contributed by atoms with van der Waals surface area (Å²) in [5.41, 5.74) is 3.14. The number of piperidine rings is 1. The van der Waals surface area contributed by atoms with Crippen molar-refractivity contribution in [1.29, 1.82) is 0 Å². The highest BCUT2D eigenvalue weighted by Gasteiger charge is 2.26. The Labute approximate surface area is 169 Å². The van der Waals surface area contributed by atoms with E-state index in [9.17, 15) is 4.79 Å². The van der Waals surface area contributed by atoms with E-state index in [1.165, 1.54) is 0 Å². The predicted molar refractivity (Wildman–Crippen MR) is 108 cm³/mol. The molecule has 1 fully saturated rings. The van der Waals surface area contributed by atoms with Gasteiger partial charge in [-0.25, -0.2) is 9.97 Å². The third kappa shape index (κ3) is 4.65. The Bertz CT molecular complexity index is 988. The molecule has 0 aliphatic carbocycles. The van der Waals surface area contributed by atoms with Gasteiger partial charge in [0.15, 0.2) is 5.82 Å². The highest BCUT2D eigenvalue weighted by Crippen LogP contribution is 2.32. The summed E-state index contributed by atoms with van der Waals surface area (Å²) < 4.78 is 5.00. The number of hydrogen-bond acceptors (Lipinski definition) is 7. The molecule has 0 bridgehead atoms. The zero-order chi connectivity index (χ0) is 20.2. The summed E-state index contributed by atoms with van der Waals surface area (Å²) in [7, 11) is 0. The number of nitrogens with one attached hydrogen (secondary N) is 1. The van der Waals surface area contributed by atoms with Crippen molar-refractivity contribution in [2.75, 3.05) is 25.0 Å². The van der Waals surface area contributed by atoms with Crippen LogP contribution in [0.2, 0.25) is 0 Å². The van der Waals surface area contributed by atoms with Crippen LogP contribution in [0.5, 0.6) is 0 Å². The van der Waals surface area contributed by atoms with E-state index in [2.05, 4.69) is 25.3 Å². The second-order valence-electron chi connectivity index (χ2n) is 7.40. The average Bonchev–Trinajstić information content (AvgIpc) is 3.13. The molecule has 0 aromatic carbocycles. The van der Waals surface area contributed by atoms with Gasteiger partial charge < -0.3 is 9.84 Å². The second-order valence-corrected chi connectivity index (χ2v) is 7.40. The van der Waals surface area contributed by atoms with Gasteiger partial charge in [-0.2, -0.15) is 0 Å². The van der Waals surface area contributed by atoms with E-state index >= 15 is 0 Å². The quantitative estimate of drug-likeness (QED) is 0.713. The number of carbonyl (C=O) groups is 1.